The van der Waals surface area contributed by atoms with E-state index in [9.17, 15) is 18.0 Å². The molecular weight excluding hydrogens is 375 g/mol. The predicted molar refractivity (Wildman–Crippen MR) is 101 cm³/mol. The van der Waals surface area contributed by atoms with E-state index >= 15 is 0 Å². The van der Waals surface area contributed by atoms with Crippen LogP contribution in [0.1, 0.15) is 13.8 Å². The average molecular weight is 401 g/mol. The van der Waals surface area contributed by atoms with Gasteiger partial charge in [0.2, 0.25) is 5.91 Å². The number of guanidine groups is 1. The van der Waals surface area contributed by atoms with Crippen LogP contribution in [0.3, 0.4) is 0 Å². The van der Waals surface area contributed by atoms with Crippen LogP contribution in [-0.2, 0) is 9.53 Å². The van der Waals surface area contributed by atoms with Gasteiger partial charge in [-0.25, -0.2) is 13.2 Å². The fraction of sp³-hybridized carbons (Fsp3) is 0.556. The van der Waals surface area contributed by atoms with Crippen molar-refractivity contribution in [2.75, 3.05) is 51.8 Å². The summed E-state index contributed by atoms with van der Waals surface area (Å²) in [5, 5.41) is 8.14. The Morgan fingerprint density at radius 2 is 1.86 bits per heavy atom. The number of rotatable bonds is 6. The number of amides is 1. The van der Waals surface area contributed by atoms with Gasteiger partial charge in [0.05, 0.1) is 25.4 Å². The van der Waals surface area contributed by atoms with E-state index < -0.39 is 29.0 Å². The van der Waals surface area contributed by atoms with Crippen LogP contribution in [0.25, 0.3) is 0 Å². The lowest BCUT2D eigenvalue weighted by Gasteiger charge is -2.41. The number of nitrogens with zero attached hydrogens (tertiary/aromatic N) is 2. The van der Waals surface area contributed by atoms with Gasteiger partial charge in [-0.3, -0.25) is 14.7 Å². The van der Waals surface area contributed by atoms with Gasteiger partial charge in [0.1, 0.15) is 0 Å². The summed E-state index contributed by atoms with van der Waals surface area (Å²) >= 11 is 0. The molecule has 1 aromatic carbocycles. The molecule has 1 aliphatic heterocycles. The normalized spacial score (nSPS) is 16.0. The number of ether oxygens (including phenoxy) is 1. The van der Waals surface area contributed by atoms with Crippen molar-refractivity contribution in [2.24, 2.45) is 4.99 Å². The van der Waals surface area contributed by atoms with E-state index in [0.717, 1.165) is 25.2 Å². The Bertz CT molecular complexity index is 721. The van der Waals surface area contributed by atoms with E-state index in [1.54, 1.807) is 7.05 Å². The number of anilines is 1. The highest BCUT2D eigenvalue weighted by Gasteiger charge is 2.28. The molecule has 1 fully saturated rings. The predicted octanol–water partition coefficient (Wildman–Crippen LogP) is 1.32. The summed E-state index contributed by atoms with van der Waals surface area (Å²) in [6.07, 6.45) is 0. The van der Waals surface area contributed by atoms with Crippen molar-refractivity contribution >= 4 is 17.6 Å². The van der Waals surface area contributed by atoms with Gasteiger partial charge in [0.25, 0.3) is 0 Å². The summed E-state index contributed by atoms with van der Waals surface area (Å²) in [5.41, 5.74) is -0.583. The average Bonchev–Trinajstić information content (AvgIpc) is 2.69. The number of halogens is 3. The van der Waals surface area contributed by atoms with Gasteiger partial charge >= 0.3 is 0 Å². The number of hydrogen-bond donors (Lipinski definition) is 3. The maximum Gasteiger partial charge on any atom is 0.243 e. The van der Waals surface area contributed by atoms with Crippen LogP contribution >= 0.6 is 0 Å². The molecule has 7 nitrogen and oxygen atoms in total. The SMILES string of the molecule is CN=C(NCC(=O)Nc1ccc(F)c(F)c1F)NCC(C)(C)N1CCOCC1. The molecule has 10 heteroatoms. The van der Waals surface area contributed by atoms with E-state index in [1.807, 2.05) is 0 Å². The third kappa shape index (κ3) is 5.83. The number of benzene rings is 1. The standard InChI is InChI=1S/C18H26F3N5O2/c1-18(2,26-6-8-28-9-7-26)11-24-17(22-3)23-10-14(27)25-13-5-4-12(19)15(20)16(13)21/h4-5H,6-11H2,1-3H3,(H,25,27)(H2,22,23,24). The van der Waals surface area contributed by atoms with Crippen molar-refractivity contribution in [1.29, 1.82) is 0 Å². The van der Waals surface area contributed by atoms with E-state index in [2.05, 4.69) is 39.7 Å². The lowest BCUT2D eigenvalue weighted by Crippen LogP contribution is -2.56. The van der Waals surface area contributed by atoms with Crippen LogP contribution < -0.4 is 16.0 Å². The molecule has 1 saturated heterocycles. The molecule has 1 aromatic rings. The molecule has 0 spiro atoms. The highest BCUT2D eigenvalue weighted by Crippen LogP contribution is 2.19. The first-order chi connectivity index (χ1) is 13.2. The Kier molecular flexibility index (Phi) is 7.64. The molecule has 156 valence electrons. The van der Waals surface area contributed by atoms with Gasteiger partial charge in [-0.2, -0.15) is 0 Å². The summed E-state index contributed by atoms with van der Waals surface area (Å²) in [6, 6.07) is 1.71. The number of nitrogens with one attached hydrogen (secondary N) is 3. The molecule has 1 aliphatic rings. The molecule has 3 N–H and O–H groups in total. The van der Waals surface area contributed by atoms with Gasteiger partial charge in [0.15, 0.2) is 23.4 Å². The Morgan fingerprint density at radius 3 is 2.50 bits per heavy atom. The third-order valence-electron chi connectivity index (χ3n) is 4.50. The Hall–Kier alpha value is -2.33. The molecule has 28 heavy (non-hydrogen) atoms. The monoisotopic (exact) mass is 401 g/mol. The zero-order valence-electron chi connectivity index (χ0n) is 16.2. The molecule has 0 bridgehead atoms. The molecule has 0 aromatic heterocycles. The van der Waals surface area contributed by atoms with Crippen molar-refractivity contribution in [2.45, 2.75) is 19.4 Å². The van der Waals surface area contributed by atoms with Crippen LogP contribution in [-0.4, -0.2) is 68.7 Å². The minimum absolute atomic E-state index is 0.154. The zero-order valence-corrected chi connectivity index (χ0v) is 16.2. The van der Waals surface area contributed by atoms with Crippen molar-refractivity contribution in [3.05, 3.63) is 29.6 Å². The second-order valence-corrected chi connectivity index (χ2v) is 6.96. The van der Waals surface area contributed by atoms with Crippen LogP contribution in [0.2, 0.25) is 0 Å². The summed E-state index contributed by atoms with van der Waals surface area (Å²) in [4.78, 5) is 18.3. The van der Waals surface area contributed by atoms with Gasteiger partial charge < -0.3 is 20.7 Å². The molecule has 0 saturated carbocycles. The van der Waals surface area contributed by atoms with Crippen LogP contribution in [0, 0.1) is 17.5 Å². The van der Waals surface area contributed by atoms with Gasteiger partial charge in [-0.1, -0.05) is 0 Å². The molecule has 1 amide bonds. The van der Waals surface area contributed by atoms with Gasteiger partial charge in [0, 0.05) is 32.2 Å². The first-order valence-electron chi connectivity index (χ1n) is 8.95. The maximum absolute atomic E-state index is 13.6. The molecule has 0 unspecified atom stereocenters. The molecule has 0 atom stereocenters. The molecule has 0 aliphatic carbocycles. The van der Waals surface area contributed by atoms with Crippen molar-refractivity contribution in [1.82, 2.24) is 15.5 Å². The summed E-state index contributed by atoms with van der Waals surface area (Å²) in [6.45, 7) is 7.59. The number of morpholine rings is 1. The Labute approximate surface area is 162 Å². The topological polar surface area (TPSA) is 78.0 Å². The van der Waals surface area contributed by atoms with E-state index in [-0.39, 0.29) is 12.1 Å². The highest BCUT2D eigenvalue weighted by atomic mass is 19.2. The lowest BCUT2D eigenvalue weighted by molar-refractivity contribution is -0.115. The summed E-state index contributed by atoms with van der Waals surface area (Å²) in [5.74, 6) is -4.62. The van der Waals surface area contributed by atoms with Crippen molar-refractivity contribution < 1.29 is 22.7 Å². The third-order valence-corrected chi connectivity index (χ3v) is 4.50. The quantitative estimate of drug-likeness (QED) is 0.381. The molecule has 2 rings (SSSR count). The first kappa shape index (κ1) is 22.0. The fourth-order valence-corrected chi connectivity index (χ4v) is 2.78. The largest absolute Gasteiger partial charge is 0.379 e. The minimum atomic E-state index is -1.63. The summed E-state index contributed by atoms with van der Waals surface area (Å²) < 4.78 is 45.1. The second-order valence-electron chi connectivity index (χ2n) is 6.96. The van der Waals surface area contributed by atoms with E-state index in [4.69, 9.17) is 4.74 Å². The minimum Gasteiger partial charge on any atom is -0.379 e. The molecule has 1 heterocycles. The number of carbonyl (C=O) groups is 1. The fourth-order valence-electron chi connectivity index (χ4n) is 2.78. The smallest absolute Gasteiger partial charge is 0.243 e. The van der Waals surface area contributed by atoms with Crippen LogP contribution in [0.4, 0.5) is 18.9 Å². The first-order valence-corrected chi connectivity index (χ1v) is 8.95. The van der Waals surface area contributed by atoms with E-state index in [0.29, 0.717) is 25.7 Å². The Morgan fingerprint density at radius 1 is 1.18 bits per heavy atom. The number of hydrogen-bond acceptors (Lipinski definition) is 4. The van der Waals surface area contributed by atoms with Crippen molar-refractivity contribution in [3.63, 3.8) is 0 Å². The summed E-state index contributed by atoms with van der Waals surface area (Å²) in [7, 11) is 1.56. The second kappa shape index (κ2) is 9.74. The maximum atomic E-state index is 13.6. The molecular formula is C18H26F3N5O2. The van der Waals surface area contributed by atoms with E-state index in [1.165, 1.54) is 0 Å². The van der Waals surface area contributed by atoms with Gasteiger partial charge in [-0.15, -0.1) is 0 Å². The number of carbonyl (C=O) groups excluding carboxylic acids is 1. The van der Waals surface area contributed by atoms with Gasteiger partial charge in [-0.05, 0) is 26.0 Å². The lowest BCUT2D eigenvalue weighted by atomic mass is 10.0. The highest BCUT2D eigenvalue weighted by molar-refractivity contribution is 5.95. The zero-order chi connectivity index (χ0) is 20.7. The molecule has 0 radical (unpaired) electrons. The van der Waals surface area contributed by atoms with Crippen molar-refractivity contribution in [3.8, 4) is 0 Å². The number of aliphatic imine (C=N–C) groups is 1. The Balaban J connectivity index is 1.83. The van der Waals surface area contributed by atoms with Crippen LogP contribution in [0.5, 0.6) is 0 Å². The van der Waals surface area contributed by atoms with Crippen LogP contribution in [0.15, 0.2) is 17.1 Å².